The van der Waals surface area contributed by atoms with E-state index in [1.165, 1.54) is 13.8 Å². The van der Waals surface area contributed by atoms with E-state index in [4.69, 9.17) is 10.2 Å². The van der Waals surface area contributed by atoms with Crippen molar-refractivity contribution in [2.24, 2.45) is 5.41 Å². The Morgan fingerprint density at radius 2 is 1.88 bits per heavy atom. The molecule has 100 valence electrons. The van der Waals surface area contributed by atoms with E-state index in [9.17, 15) is 14.7 Å². The number of nitrogens with one attached hydrogen (secondary N) is 1. The molecule has 0 aliphatic rings. The van der Waals surface area contributed by atoms with Gasteiger partial charge >= 0.3 is 43.7 Å². The molecule has 0 unspecified atom stereocenters. The van der Waals surface area contributed by atoms with Crippen LogP contribution in [0.3, 0.4) is 0 Å². The van der Waals surface area contributed by atoms with Crippen molar-refractivity contribution in [2.45, 2.75) is 26.4 Å². The first-order valence-corrected chi connectivity index (χ1v) is 4.59. The van der Waals surface area contributed by atoms with Gasteiger partial charge in [0, 0.05) is 12.0 Å². The van der Waals surface area contributed by atoms with Crippen molar-refractivity contribution in [1.82, 2.24) is 5.32 Å². The Kier molecular flexibility index (Phi) is 13.2. The summed E-state index contributed by atoms with van der Waals surface area (Å²) in [5, 5.41) is 29.0. The van der Waals surface area contributed by atoms with Gasteiger partial charge in [0.25, 0.3) is 0 Å². The van der Waals surface area contributed by atoms with Crippen LogP contribution in [0.4, 0.5) is 0 Å². The first kappa shape index (κ1) is 22.3. The second kappa shape index (κ2) is 10.0. The normalized spacial score (nSPS) is 11.8. The summed E-state index contributed by atoms with van der Waals surface area (Å²) in [7, 11) is 0. The predicted octanol–water partition coefficient (Wildman–Crippen LogP) is -2.02. The molecule has 8 heteroatoms. The van der Waals surface area contributed by atoms with Crippen molar-refractivity contribution in [3.63, 3.8) is 0 Å². The Labute approximate surface area is 132 Å². The quantitative estimate of drug-likeness (QED) is 0.416. The standard InChI is InChI=1S/C9H17NO5.Ca.H2O.2H/c1-9(2,5-11)7(14)8(15)10-4-3-6(12)13;;;;/h7,11,14H,3-5H2,1-2H3,(H,10,15)(H,12,13);;1H2;;/q;+2;;2*-1/t7-;;;;/m0..../s1. The van der Waals surface area contributed by atoms with Gasteiger partial charge in [-0.3, -0.25) is 9.59 Å². The number of amides is 1. The summed E-state index contributed by atoms with van der Waals surface area (Å²) in [6, 6.07) is 0. The third-order valence-corrected chi connectivity index (χ3v) is 2.03. The third-order valence-electron chi connectivity index (χ3n) is 2.03. The molecule has 0 aromatic carbocycles. The second-order valence-electron chi connectivity index (χ2n) is 3.98. The van der Waals surface area contributed by atoms with Gasteiger partial charge in [0.2, 0.25) is 5.91 Å². The van der Waals surface area contributed by atoms with Crippen molar-refractivity contribution in [3.8, 4) is 0 Å². The Hall–Kier alpha value is 0.0797. The summed E-state index contributed by atoms with van der Waals surface area (Å²) < 4.78 is 0. The van der Waals surface area contributed by atoms with Gasteiger partial charge < -0.3 is 29.0 Å². The second-order valence-corrected chi connectivity index (χ2v) is 3.98. The van der Waals surface area contributed by atoms with Crippen molar-refractivity contribution in [1.29, 1.82) is 0 Å². The van der Waals surface area contributed by atoms with E-state index >= 15 is 0 Å². The smallest absolute Gasteiger partial charge is 1.00 e. The molecule has 0 rings (SSSR count). The van der Waals surface area contributed by atoms with Crippen LogP contribution in [0.2, 0.25) is 0 Å². The molecule has 0 aliphatic carbocycles. The number of aliphatic carboxylic acids is 1. The molecule has 0 spiro atoms. The maximum atomic E-state index is 11.3. The molecule has 0 aliphatic heterocycles. The molecule has 7 nitrogen and oxygen atoms in total. The maximum Gasteiger partial charge on any atom is 2.00 e. The Morgan fingerprint density at radius 3 is 2.24 bits per heavy atom. The molecule has 0 aromatic heterocycles. The first-order chi connectivity index (χ1) is 6.81. The zero-order valence-corrected chi connectivity index (χ0v) is 12.3. The van der Waals surface area contributed by atoms with Crippen molar-refractivity contribution in [3.05, 3.63) is 0 Å². The average Bonchev–Trinajstić information content (AvgIpc) is 2.15. The van der Waals surface area contributed by atoms with Gasteiger partial charge in [-0.05, 0) is 0 Å². The summed E-state index contributed by atoms with van der Waals surface area (Å²) in [6.07, 6.45) is -1.55. The maximum absolute atomic E-state index is 11.3. The topological polar surface area (TPSA) is 138 Å². The first-order valence-electron chi connectivity index (χ1n) is 4.59. The minimum absolute atomic E-state index is 0. The number of rotatable bonds is 6. The van der Waals surface area contributed by atoms with Gasteiger partial charge in [0.15, 0.2) is 0 Å². The van der Waals surface area contributed by atoms with Crippen LogP contribution in [0.1, 0.15) is 23.1 Å². The number of aliphatic hydroxyl groups excluding tert-OH is 2. The van der Waals surface area contributed by atoms with Crippen LogP contribution in [-0.2, 0) is 9.59 Å². The van der Waals surface area contributed by atoms with E-state index in [1.807, 2.05) is 0 Å². The van der Waals surface area contributed by atoms with Crippen molar-refractivity contribution in [2.75, 3.05) is 13.2 Å². The van der Waals surface area contributed by atoms with E-state index < -0.39 is 23.4 Å². The fraction of sp³-hybridized carbons (Fsp3) is 0.778. The number of aliphatic hydroxyl groups is 2. The molecule has 1 amide bonds. The largest absolute Gasteiger partial charge is 2.00 e. The van der Waals surface area contributed by atoms with Gasteiger partial charge in [0.05, 0.1) is 13.0 Å². The van der Waals surface area contributed by atoms with Crippen molar-refractivity contribution < 1.29 is 33.2 Å². The molecule has 0 bridgehead atoms. The molecule has 17 heavy (non-hydrogen) atoms. The van der Waals surface area contributed by atoms with Gasteiger partial charge in [-0.2, -0.15) is 0 Å². The fourth-order valence-electron chi connectivity index (χ4n) is 0.831. The van der Waals surface area contributed by atoms with E-state index in [0.717, 1.165) is 0 Å². The summed E-state index contributed by atoms with van der Waals surface area (Å²) >= 11 is 0. The summed E-state index contributed by atoms with van der Waals surface area (Å²) in [4.78, 5) is 21.4. The molecular formula is C9H21CaNO6. The SMILES string of the molecule is CC(C)(CO)[C@@H](O)C(=O)NCCC(=O)O.O.[Ca+2].[H-].[H-]. The van der Waals surface area contributed by atoms with E-state index in [2.05, 4.69) is 5.32 Å². The zero-order valence-electron chi connectivity index (χ0n) is 12.1. The molecule has 0 saturated carbocycles. The molecule has 1 atom stereocenters. The summed E-state index contributed by atoms with van der Waals surface area (Å²) in [6.45, 7) is 2.70. The van der Waals surface area contributed by atoms with Gasteiger partial charge in [-0.1, -0.05) is 13.8 Å². The Morgan fingerprint density at radius 1 is 1.41 bits per heavy atom. The molecule has 0 saturated heterocycles. The number of carboxylic acids is 1. The van der Waals surface area contributed by atoms with Crippen LogP contribution in [0.5, 0.6) is 0 Å². The number of carbonyl (C=O) groups excluding carboxylic acids is 1. The van der Waals surface area contributed by atoms with E-state index in [1.54, 1.807) is 0 Å². The van der Waals surface area contributed by atoms with Crippen molar-refractivity contribution >= 4 is 49.6 Å². The van der Waals surface area contributed by atoms with E-state index in [-0.39, 0.29) is 65.6 Å². The molecule has 0 heterocycles. The molecule has 0 radical (unpaired) electrons. The minimum atomic E-state index is -1.35. The molecule has 0 aromatic rings. The number of carbonyl (C=O) groups is 2. The third kappa shape index (κ3) is 8.76. The number of hydrogen-bond acceptors (Lipinski definition) is 4. The Balaban J connectivity index is -0.000000163. The average molecular weight is 279 g/mol. The van der Waals surface area contributed by atoms with Crippen LogP contribution in [-0.4, -0.2) is 89.7 Å². The molecule has 6 N–H and O–H groups in total. The van der Waals surface area contributed by atoms with Crippen LogP contribution >= 0.6 is 0 Å². The van der Waals surface area contributed by atoms with Crippen LogP contribution < -0.4 is 5.32 Å². The van der Waals surface area contributed by atoms with Crippen LogP contribution in [0.25, 0.3) is 0 Å². The predicted molar refractivity (Wildman–Crippen MR) is 63.7 cm³/mol. The zero-order chi connectivity index (χ0) is 12.1. The summed E-state index contributed by atoms with van der Waals surface area (Å²) in [5.74, 6) is -1.69. The van der Waals surface area contributed by atoms with Crippen LogP contribution in [0, 0.1) is 5.41 Å². The minimum Gasteiger partial charge on any atom is -1.00 e. The summed E-state index contributed by atoms with van der Waals surface area (Å²) in [5.41, 5.74) is -0.937. The Bertz CT molecular complexity index is 255. The number of hydrogen-bond donors (Lipinski definition) is 4. The molecular weight excluding hydrogens is 258 g/mol. The number of carboxylic acid groups (broad SMARTS) is 1. The molecule has 0 fully saturated rings. The van der Waals surface area contributed by atoms with Gasteiger partial charge in [-0.15, -0.1) is 0 Å². The fourth-order valence-corrected chi connectivity index (χ4v) is 0.831. The van der Waals surface area contributed by atoms with Gasteiger partial charge in [0.1, 0.15) is 6.10 Å². The van der Waals surface area contributed by atoms with Gasteiger partial charge in [-0.25, -0.2) is 0 Å². The van der Waals surface area contributed by atoms with Crippen LogP contribution in [0.15, 0.2) is 0 Å². The van der Waals surface area contributed by atoms with E-state index in [0.29, 0.717) is 0 Å². The monoisotopic (exact) mass is 279 g/mol.